The van der Waals surface area contributed by atoms with E-state index in [1.165, 1.54) is 23.1 Å². The maximum atomic E-state index is 12.5. The van der Waals surface area contributed by atoms with Gasteiger partial charge in [0.2, 0.25) is 0 Å². The van der Waals surface area contributed by atoms with Crippen LogP contribution in [0.1, 0.15) is 16.8 Å². The lowest BCUT2D eigenvalue weighted by Crippen LogP contribution is -2.07. The number of hydrogen-bond donors (Lipinski definition) is 1. The normalized spacial score (nSPS) is 11.5. The van der Waals surface area contributed by atoms with Gasteiger partial charge in [0.1, 0.15) is 9.53 Å². The Morgan fingerprint density at radius 1 is 1.20 bits per heavy atom. The van der Waals surface area contributed by atoms with Crippen molar-refractivity contribution in [3.05, 3.63) is 62.5 Å². The zero-order chi connectivity index (χ0) is 17.6. The first-order valence-corrected chi connectivity index (χ1v) is 9.87. The number of fused-ring (bicyclic) bond motifs is 3. The highest BCUT2D eigenvalue weighted by atomic mass is 35.5. The van der Waals surface area contributed by atoms with E-state index in [-0.39, 0.29) is 5.56 Å². The van der Waals surface area contributed by atoms with Crippen LogP contribution in [0.5, 0.6) is 0 Å². The second kappa shape index (κ2) is 6.44. The third kappa shape index (κ3) is 3.17. The zero-order valence-electron chi connectivity index (χ0n) is 13.6. The number of aromatic amines is 1. The fourth-order valence-corrected chi connectivity index (χ4v) is 4.84. The summed E-state index contributed by atoms with van der Waals surface area (Å²) in [5.74, 6) is 0.712. The van der Waals surface area contributed by atoms with Crippen molar-refractivity contribution in [2.24, 2.45) is 0 Å². The highest BCUT2D eigenvalue weighted by Crippen LogP contribution is 2.33. The van der Waals surface area contributed by atoms with Gasteiger partial charge in [0.25, 0.3) is 5.56 Å². The number of thiophene rings is 1. The number of H-pyrrole nitrogens is 1. The van der Waals surface area contributed by atoms with E-state index in [0.29, 0.717) is 20.6 Å². The third-order valence-corrected chi connectivity index (χ3v) is 6.16. The number of benzene rings is 1. The second-order valence-corrected chi connectivity index (χ2v) is 8.23. The van der Waals surface area contributed by atoms with E-state index < -0.39 is 0 Å². The van der Waals surface area contributed by atoms with E-state index in [9.17, 15) is 4.79 Å². The van der Waals surface area contributed by atoms with Crippen LogP contribution in [0.2, 0.25) is 5.02 Å². The van der Waals surface area contributed by atoms with Crippen molar-refractivity contribution in [2.45, 2.75) is 24.8 Å². The molecule has 25 heavy (non-hydrogen) atoms. The van der Waals surface area contributed by atoms with Crippen molar-refractivity contribution in [3.63, 3.8) is 0 Å². The Labute approximate surface area is 157 Å². The fourth-order valence-electron chi connectivity index (χ4n) is 2.77. The lowest BCUT2D eigenvalue weighted by molar-refractivity contribution is 0.979. The van der Waals surface area contributed by atoms with Crippen LogP contribution in [0, 0.1) is 13.8 Å². The minimum Gasteiger partial charge on any atom is -0.300 e. The topological polar surface area (TPSA) is 58.6 Å². The van der Waals surface area contributed by atoms with Gasteiger partial charge in [0.15, 0.2) is 5.16 Å². The van der Waals surface area contributed by atoms with Gasteiger partial charge in [-0.05, 0) is 43.2 Å². The SMILES string of the molecule is Cc1cc(C)c2c(n1)sc1c(=O)[nH]c(SCc3ccc(Cl)cc3)nc12. The molecule has 4 nitrogen and oxygen atoms in total. The van der Waals surface area contributed by atoms with Crippen LogP contribution >= 0.6 is 34.7 Å². The molecule has 1 aromatic carbocycles. The summed E-state index contributed by atoms with van der Waals surface area (Å²) < 4.78 is 0.632. The van der Waals surface area contributed by atoms with Crippen molar-refractivity contribution in [1.29, 1.82) is 0 Å². The predicted octanol–water partition coefficient (Wildman–Crippen LogP) is 5.10. The molecule has 0 saturated heterocycles. The van der Waals surface area contributed by atoms with Crippen molar-refractivity contribution >= 4 is 55.1 Å². The predicted molar refractivity (Wildman–Crippen MR) is 106 cm³/mol. The van der Waals surface area contributed by atoms with Gasteiger partial charge < -0.3 is 4.98 Å². The van der Waals surface area contributed by atoms with Crippen molar-refractivity contribution in [1.82, 2.24) is 15.0 Å². The van der Waals surface area contributed by atoms with Crippen LogP contribution in [0.25, 0.3) is 20.4 Å². The first-order chi connectivity index (χ1) is 12.0. The van der Waals surface area contributed by atoms with E-state index in [1.807, 2.05) is 44.2 Å². The molecule has 126 valence electrons. The van der Waals surface area contributed by atoms with Crippen LogP contribution in [0.3, 0.4) is 0 Å². The minimum atomic E-state index is -0.108. The van der Waals surface area contributed by atoms with Gasteiger partial charge in [-0.15, -0.1) is 11.3 Å². The van der Waals surface area contributed by atoms with Gasteiger partial charge in [-0.2, -0.15) is 0 Å². The molecule has 0 bridgehead atoms. The quantitative estimate of drug-likeness (QED) is 0.392. The molecular formula is C18H14ClN3OS2. The number of rotatable bonds is 3. The summed E-state index contributed by atoms with van der Waals surface area (Å²) in [6, 6.07) is 9.70. The molecule has 0 aliphatic rings. The lowest BCUT2D eigenvalue weighted by Gasteiger charge is -2.03. The maximum absolute atomic E-state index is 12.5. The summed E-state index contributed by atoms with van der Waals surface area (Å²) in [7, 11) is 0. The van der Waals surface area contributed by atoms with Gasteiger partial charge in [-0.1, -0.05) is 35.5 Å². The van der Waals surface area contributed by atoms with Crippen LogP contribution in [-0.2, 0) is 5.75 Å². The Kier molecular flexibility index (Phi) is 4.27. The molecule has 4 rings (SSSR count). The van der Waals surface area contributed by atoms with E-state index in [2.05, 4.69) is 9.97 Å². The van der Waals surface area contributed by atoms with Crippen LogP contribution in [0.15, 0.2) is 40.3 Å². The molecule has 4 aromatic rings. The summed E-state index contributed by atoms with van der Waals surface area (Å²) in [5.41, 5.74) is 3.81. The van der Waals surface area contributed by atoms with E-state index in [1.54, 1.807) is 0 Å². The molecule has 0 aliphatic heterocycles. The Balaban J connectivity index is 1.76. The first-order valence-electron chi connectivity index (χ1n) is 7.69. The molecule has 3 aromatic heterocycles. The van der Waals surface area contributed by atoms with Gasteiger partial charge in [-0.25, -0.2) is 9.97 Å². The molecule has 7 heteroatoms. The number of nitrogens with one attached hydrogen (secondary N) is 1. The van der Waals surface area contributed by atoms with Crippen molar-refractivity contribution < 1.29 is 0 Å². The number of pyridine rings is 1. The molecule has 0 spiro atoms. The average molecular weight is 388 g/mol. The van der Waals surface area contributed by atoms with E-state index in [0.717, 1.165) is 32.6 Å². The third-order valence-electron chi connectivity index (χ3n) is 3.89. The van der Waals surface area contributed by atoms with Gasteiger partial charge in [0.05, 0.1) is 5.52 Å². The molecule has 0 unspecified atom stereocenters. The summed E-state index contributed by atoms with van der Waals surface area (Å²) in [6.07, 6.45) is 0. The molecule has 0 saturated carbocycles. The molecule has 0 fully saturated rings. The molecule has 3 heterocycles. The molecule has 1 N–H and O–H groups in total. The average Bonchev–Trinajstić information content (AvgIpc) is 2.93. The van der Waals surface area contributed by atoms with Crippen LogP contribution < -0.4 is 5.56 Å². The summed E-state index contributed by atoms with van der Waals surface area (Å²) >= 11 is 8.82. The Bertz CT molecular complexity index is 1150. The molecule has 0 atom stereocenters. The van der Waals surface area contributed by atoms with E-state index in [4.69, 9.17) is 16.6 Å². The molecule has 0 radical (unpaired) electrons. The Morgan fingerprint density at radius 2 is 1.96 bits per heavy atom. The second-order valence-electron chi connectivity index (χ2n) is 5.83. The van der Waals surface area contributed by atoms with Crippen molar-refractivity contribution in [3.8, 4) is 0 Å². The number of thioether (sulfide) groups is 1. The zero-order valence-corrected chi connectivity index (χ0v) is 16.0. The molecular weight excluding hydrogens is 374 g/mol. The Hall–Kier alpha value is -1.89. The monoisotopic (exact) mass is 387 g/mol. The minimum absolute atomic E-state index is 0.108. The van der Waals surface area contributed by atoms with Gasteiger partial charge in [-0.3, -0.25) is 4.79 Å². The highest BCUT2D eigenvalue weighted by molar-refractivity contribution is 7.98. The summed E-state index contributed by atoms with van der Waals surface area (Å²) in [5, 5.41) is 2.31. The van der Waals surface area contributed by atoms with Crippen molar-refractivity contribution in [2.75, 3.05) is 0 Å². The standard InChI is InChI=1S/C18H14ClN3OS2/c1-9-7-10(2)20-17-13(9)14-15(25-17)16(23)22-18(21-14)24-8-11-3-5-12(19)6-4-11/h3-7H,8H2,1-2H3,(H,21,22,23). The lowest BCUT2D eigenvalue weighted by atomic mass is 10.1. The largest absolute Gasteiger partial charge is 0.300 e. The van der Waals surface area contributed by atoms with Gasteiger partial charge >= 0.3 is 0 Å². The smallest absolute Gasteiger partial charge is 0.269 e. The fraction of sp³-hybridized carbons (Fsp3) is 0.167. The maximum Gasteiger partial charge on any atom is 0.269 e. The summed E-state index contributed by atoms with van der Waals surface area (Å²) in [6.45, 7) is 3.99. The first kappa shape index (κ1) is 16.6. The van der Waals surface area contributed by atoms with Crippen LogP contribution in [0.4, 0.5) is 0 Å². The molecule has 0 aliphatic carbocycles. The van der Waals surface area contributed by atoms with Gasteiger partial charge in [0, 0.05) is 21.9 Å². The highest BCUT2D eigenvalue weighted by Gasteiger charge is 2.15. The number of nitrogens with zero attached hydrogens (tertiary/aromatic N) is 2. The number of halogens is 1. The Morgan fingerprint density at radius 3 is 2.72 bits per heavy atom. The number of hydrogen-bond acceptors (Lipinski definition) is 5. The number of aryl methyl sites for hydroxylation is 2. The number of aromatic nitrogens is 3. The summed E-state index contributed by atoms with van der Waals surface area (Å²) in [4.78, 5) is 25.5. The molecule has 0 amide bonds. The van der Waals surface area contributed by atoms with Crippen LogP contribution in [-0.4, -0.2) is 15.0 Å². The van der Waals surface area contributed by atoms with E-state index >= 15 is 0 Å².